The second-order valence-electron chi connectivity index (χ2n) is 4.43. The Bertz CT molecular complexity index is 511. The minimum atomic E-state index is -4.61. The molecule has 1 atom stereocenters. The first kappa shape index (κ1) is 18.3. The summed E-state index contributed by atoms with van der Waals surface area (Å²) >= 11 is 8.89. The number of nitrogens with zero attached hydrogens (tertiary/aromatic N) is 1. The van der Waals surface area contributed by atoms with Crippen LogP contribution in [0.1, 0.15) is 15.9 Å². The van der Waals surface area contributed by atoms with E-state index in [0.717, 1.165) is 17.0 Å². The van der Waals surface area contributed by atoms with Gasteiger partial charge < -0.3 is 9.64 Å². The minimum absolute atomic E-state index is 0.0849. The summed E-state index contributed by atoms with van der Waals surface area (Å²) in [6.45, 7) is 0.285. The number of ether oxygens (including phenoxy) is 1. The first-order valence-electron chi connectivity index (χ1n) is 5.92. The highest BCUT2D eigenvalue weighted by atomic mass is 79.9. The number of hydrogen-bond acceptors (Lipinski definition) is 2. The van der Waals surface area contributed by atoms with Crippen LogP contribution >= 0.6 is 27.5 Å². The Morgan fingerprint density at radius 2 is 2.10 bits per heavy atom. The first-order chi connectivity index (χ1) is 9.66. The van der Waals surface area contributed by atoms with E-state index in [1.165, 1.54) is 20.2 Å². The summed E-state index contributed by atoms with van der Waals surface area (Å²) in [5, 5.41) is -0.492. The number of carbonyl (C=O) groups excluding carboxylic acids is 1. The third-order valence-corrected chi connectivity index (χ3v) is 3.44. The molecule has 21 heavy (non-hydrogen) atoms. The van der Waals surface area contributed by atoms with Crippen molar-refractivity contribution in [2.24, 2.45) is 0 Å². The van der Waals surface area contributed by atoms with Crippen molar-refractivity contribution in [3.8, 4) is 0 Å². The van der Waals surface area contributed by atoms with Gasteiger partial charge in [0, 0.05) is 25.2 Å². The van der Waals surface area contributed by atoms with Gasteiger partial charge in [0.1, 0.15) is 0 Å². The summed E-state index contributed by atoms with van der Waals surface area (Å²) in [6.07, 6.45) is -4.61. The fourth-order valence-corrected chi connectivity index (χ4v) is 2.45. The predicted molar refractivity (Wildman–Crippen MR) is 77.6 cm³/mol. The van der Waals surface area contributed by atoms with Crippen LogP contribution < -0.4 is 0 Å². The lowest BCUT2D eigenvalue weighted by Crippen LogP contribution is -2.35. The molecule has 0 bridgehead atoms. The molecule has 0 saturated carbocycles. The molecule has 0 aliphatic carbocycles. The van der Waals surface area contributed by atoms with Gasteiger partial charge in [0.05, 0.1) is 23.1 Å². The van der Waals surface area contributed by atoms with Crippen LogP contribution in [0, 0.1) is 0 Å². The number of amides is 1. The Morgan fingerprint density at radius 1 is 1.48 bits per heavy atom. The molecule has 0 radical (unpaired) electrons. The first-order valence-corrected chi connectivity index (χ1v) is 7.15. The SMILES string of the molecule is COCC(Cl)CN(C)C(=O)c1ccc(Br)cc1C(F)(F)F. The van der Waals surface area contributed by atoms with Gasteiger partial charge in [-0.25, -0.2) is 0 Å². The van der Waals surface area contributed by atoms with Gasteiger partial charge in [-0.1, -0.05) is 15.9 Å². The summed E-state index contributed by atoms with van der Waals surface area (Å²) < 4.78 is 44.1. The van der Waals surface area contributed by atoms with Gasteiger partial charge in [0.25, 0.3) is 5.91 Å². The van der Waals surface area contributed by atoms with E-state index in [9.17, 15) is 18.0 Å². The Balaban J connectivity index is 3.02. The molecule has 0 N–H and O–H groups in total. The van der Waals surface area contributed by atoms with Crippen LogP contribution in [0.4, 0.5) is 13.2 Å². The van der Waals surface area contributed by atoms with E-state index < -0.39 is 28.6 Å². The summed E-state index contributed by atoms with van der Waals surface area (Å²) in [5.74, 6) is -0.739. The topological polar surface area (TPSA) is 29.5 Å². The average molecular weight is 389 g/mol. The van der Waals surface area contributed by atoms with Crippen molar-refractivity contribution in [1.82, 2.24) is 4.90 Å². The normalized spacial score (nSPS) is 13.1. The maximum Gasteiger partial charge on any atom is 0.417 e. The quantitative estimate of drug-likeness (QED) is 0.718. The fraction of sp³-hybridized carbons (Fsp3) is 0.462. The highest BCUT2D eigenvalue weighted by Crippen LogP contribution is 2.34. The second-order valence-corrected chi connectivity index (χ2v) is 5.96. The third kappa shape index (κ3) is 5.16. The number of carbonyl (C=O) groups is 1. The second kappa shape index (κ2) is 7.47. The number of hydrogen-bond donors (Lipinski definition) is 0. The summed E-state index contributed by atoms with van der Waals surface area (Å²) in [4.78, 5) is 13.3. The molecule has 8 heteroatoms. The van der Waals surface area contributed by atoms with E-state index in [1.807, 2.05) is 0 Å². The molecule has 118 valence electrons. The molecule has 0 aromatic heterocycles. The lowest BCUT2D eigenvalue weighted by atomic mass is 10.1. The third-order valence-electron chi connectivity index (χ3n) is 2.68. The van der Waals surface area contributed by atoms with E-state index in [1.54, 1.807) is 0 Å². The van der Waals surface area contributed by atoms with Crippen LogP contribution in [0.3, 0.4) is 0 Å². The molecule has 0 saturated heterocycles. The van der Waals surface area contributed by atoms with Gasteiger partial charge in [0.15, 0.2) is 0 Å². The Hall–Kier alpha value is -0.790. The largest absolute Gasteiger partial charge is 0.417 e. The molecule has 1 aromatic rings. The number of methoxy groups -OCH3 is 1. The lowest BCUT2D eigenvalue weighted by molar-refractivity contribution is -0.138. The van der Waals surface area contributed by atoms with Crippen LogP contribution in [0.5, 0.6) is 0 Å². The van der Waals surface area contributed by atoms with Gasteiger partial charge in [0.2, 0.25) is 0 Å². The number of halogens is 5. The van der Waals surface area contributed by atoms with Crippen LogP contribution in [0.25, 0.3) is 0 Å². The van der Waals surface area contributed by atoms with Crippen molar-refractivity contribution in [1.29, 1.82) is 0 Å². The van der Waals surface area contributed by atoms with Crippen LogP contribution in [-0.2, 0) is 10.9 Å². The van der Waals surface area contributed by atoms with Crippen LogP contribution in [0.2, 0.25) is 0 Å². The molecule has 0 heterocycles. The van der Waals surface area contributed by atoms with E-state index >= 15 is 0 Å². The summed E-state index contributed by atoms with van der Waals surface area (Å²) in [5.41, 5.74) is -1.39. The Kier molecular flexibility index (Phi) is 6.49. The molecule has 0 fully saturated rings. The average Bonchev–Trinajstić information content (AvgIpc) is 2.37. The Morgan fingerprint density at radius 3 is 2.62 bits per heavy atom. The molecule has 0 aliphatic heterocycles. The fourth-order valence-electron chi connectivity index (χ4n) is 1.76. The smallest absolute Gasteiger partial charge is 0.383 e. The molecule has 3 nitrogen and oxygen atoms in total. The van der Waals surface area contributed by atoms with Crippen molar-refractivity contribution in [3.63, 3.8) is 0 Å². The summed E-state index contributed by atoms with van der Waals surface area (Å²) in [6, 6.07) is 3.42. The maximum atomic E-state index is 13.0. The van der Waals surface area contributed by atoms with Crippen molar-refractivity contribution in [2.75, 3.05) is 27.3 Å². The molecule has 0 spiro atoms. The van der Waals surface area contributed by atoms with Gasteiger partial charge in [-0.3, -0.25) is 4.79 Å². The van der Waals surface area contributed by atoms with E-state index in [0.29, 0.717) is 0 Å². The zero-order chi connectivity index (χ0) is 16.2. The van der Waals surface area contributed by atoms with Gasteiger partial charge in [-0.2, -0.15) is 13.2 Å². The highest BCUT2D eigenvalue weighted by molar-refractivity contribution is 9.10. The number of rotatable bonds is 5. The molecule has 0 aliphatic rings. The zero-order valence-electron chi connectivity index (χ0n) is 11.4. The van der Waals surface area contributed by atoms with E-state index in [4.69, 9.17) is 16.3 Å². The molecule has 1 rings (SSSR count). The standard InChI is InChI=1S/C13H14BrClF3NO2/c1-19(6-9(15)7-21-2)12(20)10-4-3-8(14)5-11(10)13(16,17)18/h3-5,9H,6-7H2,1-2H3. The van der Waals surface area contributed by atoms with Crippen LogP contribution in [-0.4, -0.2) is 43.5 Å². The molecule has 1 aromatic carbocycles. The van der Waals surface area contributed by atoms with Crippen LogP contribution in [0.15, 0.2) is 22.7 Å². The van der Waals surface area contributed by atoms with Crippen molar-refractivity contribution < 1.29 is 22.7 Å². The summed E-state index contributed by atoms with van der Waals surface area (Å²) in [7, 11) is 2.85. The van der Waals surface area contributed by atoms with Crippen molar-refractivity contribution in [2.45, 2.75) is 11.6 Å². The van der Waals surface area contributed by atoms with Gasteiger partial charge in [-0.15, -0.1) is 11.6 Å². The Labute approximate surface area is 134 Å². The highest BCUT2D eigenvalue weighted by Gasteiger charge is 2.36. The predicted octanol–water partition coefficient (Wildman–Crippen LogP) is 3.79. The van der Waals surface area contributed by atoms with Gasteiger partial charge >= 0.3 is 6.18 Å². The van der Waals surface area contributed by atoms with Crippen molar-refractivity contribution in [3.05, 3.63) is 33.8 Å². The monoisotopic (exact) mass is 387 g/mol. The zero-order valence-corrected chi connectivity index (χ0v) is 13.7. The number of benzene rings is 1. The number of alkyl halides is 4. The molecule has 1 unspecified atom stereocenters. The molecular weight excluding hydrogens is 374 g/mol. The van der Waals surface area contributed by atoms with E-state index in [-0.39, 0.29) is 17.6 Å². The van der Waals surface area contributed by atoms with Gasteiger partial charge in [-0.05, 0) is 18.2 Å². The molecular formula is C13H14BrClF3NO2. The minimum Gasteiger partial charge on any atom is -0.383 e. The van der Waals surface area contributed by atoms with Crippen molar-refractivity contribution >= 4 is 33.4 Å². The van der Waals surface area contributed by atoms with E-state index in [2.05, 4.69) is 15.9 Å². The lowest BCUT2D eigenvalue weighted by Gasteiger charge is -2.22. The molecule has 1 amide bonds. The maximum absolute atomic E-state index is 13.0.